The van der Waals surface area contributed by atoms with Crippen LogP contribution in [0.1, 0.15) is 24.4 Å². The van der Waals surface area contributed by atoms with Crippen LogP contribution in [0.4, 0.5) is 0 Å². The first-order chi connectivity index (χ1) is 13.3. The molecule has 142 valence electrons. The van der Waals surface area contributed by atoms with E-state index in [1.54, 1.807) is 29.9 Å². The molecule has 3 aromatic heterocycles. The molecular weight excluding hydrogens is 366 g/mol. The van der Waals surface area contributed by atoms with Crippen molar-refractivity contribution in [3.8, 4) is 11.4 Å². The minimum absolute atomic E-state index is 0.133. The van der Waals surface area contributed by atoms with Crippen molar-refractivity contribution in [3.63, 3.8) is 0 Å². The van der Waals surface area contributed by atoms with Crippen molar-refractivity contribution in [2.45, 2.75) is 25.8 Å². The normalized spacial score (nSPS) is 15.8. The summed E-state index contributed by atoms with van der Waals surface area (Å²) >= 11 is 1.62. The summed E-state index contributed by atoms with van der Waals surface area (Å²) in [7, 11) is 0. The lowest BCUT2D eigenvalue weighted by molar-refractivity contribution is -0.131. The second kappa shape index (κ2) is 8.45. The van der Waals surface area contributed by atoms with Gasteiger partial charge in [-0.05, 0) is 12.5 Å². The maximum atomic E-state index is 12.6. The van der Waals surface area contributed by atoms with E-state index >= 15 is 0 Å². The van der Waals surface area contributed by atoms with Gasteiger partial charge in [0.05, 0.1) is 23.0 Å². The van der Waals surface area contributed by atoms with Crippen molar-refractivity contribution in [2.24, 2.45) is 0 Å². The average molecular weight is 387 g/mol. The van der Waals surface area contributed by atoms with E-state index in [-0.39, 0.29) is 5.91 Å². The van der Waals surface area contributed by atoms with Crippen LogP contribution in [0.25, 0.3) is 11.4 Å². The van der Waals surface area contributed by atoms with Gasteiger partial charge in [0, 0.05) is 50.9 Å². The summed E-state index contributed by atoms with van der Waals surface area (Å²) in [4.78, 5) is 25.5. The predicted molar refractivity (Wildman–Crippen MR) is 98.9 cm³/mol. The summed E-state index contributed by atoms with van der Waals surface area (Å²) in [5.74, 6) is 1.09. The van der Waals surface area contributed by atoms with Crippen molar-refractivity contribution in [1.29, 1.82) is 0 Å². The fourth-order valence-electron chi connectivity index (χ4n) is 3.16. The Labute approximate surface area is 160 Å². The molecule has 1 amide bonds. The van der Waals surface area contributed by atoms with Crippen LogP contribution in [0.15, 0.2) is 38.4 Å². The smallest absolute Gasteiger partial charge is 0.227 e. The van der Waals surface area contributed by atoms with Gasteiger partial charge in [0.15, 0.2) is 0 Å². The van der Waals surface area contributed by atoms with E-state index < -0.39 is 0 Å². The SMILES string of the molecule is O=C(CCc1nc(-c2ccoc2)no1)N1CCCN(Cc2cscn2)CC1. The summed E-state index contributed by atoms with van der Waals surface area (Å²) in [6.07, 6.45) is 4.92. The zero-order valence-electron chi connectivity index (χ0n) is 14.9. The molecule has 0 atom stereocenters. The molecule has 0 unspecified atom stereocenters. The van der Waals surface area contributed by atoms with E-state index in [9.17, 15) is 4.79 Å². The first kappa shape index (κ1) is 17.9. The lowest BCUT2D eigenvalue weighted by Crippen LogP contribution is -2.35. The number of furan rings is 1. The van der Waals surface area contributed by atoms with E-state index in [4.69, 9.17) is 8.94 Å². The van der Waals surface area contributed by atoms with Gasteiger partial charge in [-0.1, -0.05) is 5.16 Å². The molecule has 1 aliphatic rings. The van der Waals surface area contributed by atoms with Gasteiger partial charge in [-0.2, -0.15) is 4.98 Å². The second-order valence-corrected chi connectivity index (χ2v) is 7.23. The number of amides is 1. The molecule has 8 nitrogen and oxygen atoms in total. The maximum absolute atomic E-state index is 12.6. The zero-order chi connectivity index (χ0) is 18.5. The molecular formula is C18H21N5O3S. The molecule has 1 fully saturated rings. The Morgan fingerprint density at radius 3 is 3.04 bits per heavy atom. The highest BCUT2D eigenvalue weighted by Gasteiger charge is 2.20. The highest BCUT2D eigenvalue weighted by molar-refractivity contribution is 7.07. The Bertz CT molecular complexity index is 846. The molecule has 1 aliphatic heterocycles. The van der Waals surface area contributed by atoms with Crippen LogP contribution in [0.3, 0.4) is 0 Å². The van der Waals surface area contributed by atoms with Crippen molar-refractivity contribution in [3.05, 3.63) is 41.1 Å². The number of aryl methyl sites for hydroxylation is 1. The van der Waals surface area contributed by atoms with Crippen LogP contribution in [-0.4, -0.2) is 57.0 Å². The largest absolute Gasteiger partial charge is 0.472 e. The van der Waals surface area contributed by atoms with Crippen LogP contribution >= 0.6 is 11.3 Å². The van der Waals surface area contributed by atoms with Crippen LogP contribution in [0.5, 0.6) is 0 Å². The molecule has 0 bridgehead atoms. The highest BCUT2D eigenvalue weighted by atomic mass is 32.1. The van der Waals surface area contributed by atoms with Gasteiger partial charge in [-0.25, -0.2) is 4.98 Å². The zero-order valence-corrected chi connectivity index (χ0v) is 15.7. The molecule has 0 spiro atoms. The minimum Gasteiger partial charge on any atom is -0.472 e. The van der Waals surface area contributed by atoms with Crippen molar-refractivity contribution in [2.75, 3.05) is 26.2 Å². The Balaban J connectivity index is 1.26. The van der Waals surface area contributed by atoms with Crippen LogP contribution in [0.2, 0.25) is 0 Å². The molecule has 1 saturated heterocycles. The number of rotatable bonds is 6. The average Bonchev–Trinajstić information content (AvgIpc) is 3.41. The monoisotopic (exact) mass is 387 g/mol. The third-order valence-electron chi connectivity index (χ3n) is 4.61. The van der Waals surface area contributed by atoms with Gasteiger partial charge in [-0.15, -0.1) is 11.3 Å². The number of hydrogen-bond acceptors (Lipinski definition) is 8. The molecule has 3 aromatic rings. The van der Waals surface area contributed by atoms with E-state index in [2.05, 4.69) is 25.4 Å². The highest BCUT2D eigenvalue weighted by Crippen LogP contribution is 2.17. The lowest BCUT2D eigenvalue weighted by atomic mass is 10.2. The number of carbonyl (C=O) groups excluding carboxylic acids is 1. The molecule has 27 heavy (non-hydrogen) atoms. The first-order valence-electron chi connectivity index (χ1n) is 9.00. The topological polar surface area (TPSA) is 88.5 Å². The summed E-state index contributed by atoms with van der Waals surface area (Å²) < 4.78 is 10.3. The number of nitrogens with zero attached hydrogens (tertiary/aromatic N) is 5. The molecule has 0 aromatic carbocycles. The maximum Gasteiger partial charge on any atom is 0.227 e. The number of hydrogen-bond donors (Lipinski definition) is 0. The van der Waals surface area contributed by atoms with Crippen LogP contribution in [-0.2, 0) is 17.8 Å². The van der Waals surface area contributed by atoms with Crippen molar-refractivity contribution < 1.29 is 13.7 Å². The Hall–Kier alpha value is -2.52. The minimum atomic E-state index is 0.133. The Morgan fingerprint density at radius 2 is 2.22 bits per heavy atom. The second-order valence-electron chi connectivity index (χ2n) is 6.51. The van der Waals surface area contributed by atoms with Crippen LogP contribution in [0, 0.1) is 0 Å². The van der Waals surface area contributed by atoms with Crippen molar-refractivity contribution >= 4 is 17.2 Å². The summed E-state index contributed by atoms with van der Waals surface area (Å²) in [5.41, 5.74) is 3.73. The molecule has 0 saturated carbocycles. The molecule has 0 aliphatic carbocycles. The van der Waals surface area contributed by atoms with Gasteiger partial charge in [0.2, 0.25) is 17.6 Å². The van der Waals surface area contributed by atoms with Gasteiger partial charge in [-0.3, -0.25) is 9.69 Å². The van der Waals surface area contributed by atoms with Gasteiger partial charge >= 0.3 is 0 Å². The fourth-order valence-corrected chi connectivity index (χ4v) is 3.71. The summed E-state index contributed by atoms with van der Waals surface area (Å²) in [6.45, 7) is 4.24. The van der Waals surface area contributed by atoms with E-state index in [0.29, 0.717) is 24.6 Å². The van der Waals surface area contributed by atoms with Crippen LogP contribution < -0.4 is 0 Å². The number of aromatic nitrogens is 3. The molecule has 0 radical (unpaired) electrons. The van der Waals surface area contributed by atoms with Gasteiger partial charge < -0.3 is 13.8 Å². The summed E-state index contributed by atoms with van der Waals surface area (Å²) in [6, 6.07) is 1.77. The number of carbonyl (C=O) groups is 1. The lowest BCUT2D eigenvalue weighted by Gasteiger charge is -2.21. The number of thiazole rings is 1. The fraction of sp³-hybridized carbons (Fsp3) is 0.444. The molecule has 9 heteroatoms. The van der Waals surface area contributed by atoms with Gasteiger partial charge in [0.1, 0.15) is 6.26 Å². The quantitative estimate of drug-likeness (QED) is 0.642. The Kier molecular flexibility index (Phi) is 5.59. The van der Waals surface area contributed by atoms with E-state index in [0.717, 1.165) is 50.4 Å². The van der Waals surface area contributed by atoms with Crippen molar-refractivity contribution in [1.82, 2.24) is 24.9 Å². The third kappa shape index (κ3) is 4.61. The standard InChI is InChI=1S/C18H21N5O3S/c24-17(3-2-16-20-18(21-26-16)14-4-9-25-11-14)23-6-1-5-22(7-8-23)10-15-12-27-13-19-15/h4,9,11-13H,1-3,5-8,10H2. The van der Waals surface area contributed by atoms with E-state index in [1.807, 2.05) is 10.4 Å². The molecule has 4 rings (SSSR count). The summed E-state index contributed by atoms with van der Waals surface area (Å²) in [5, 5.41) is 6.01. The third-order valence-corrected chi connectivity index (χ3v) is 5.25. The molecule has 4 heterocycles. The first-order valence-corrected chi connectivity index (χ1v) is 9.94. The predicted octanol–water partition coefficient (Wildman–Crippen LogP) is 2.45. The Morgan fingerprint density at radius 1 is 1.26 bits per heavy atom. The van der Waals surface area contributed by atoms with E-state index in [1.165, 1.54) is 0 Å². The molecule has 0 N–H and O–H groups in total. The van der Waals surface area contributed by atoms with Gasteiger partial charge in [0.25, 0.3) is 0 Å².